The van der Waals surface area contributed by atoms with Gasteiger partial charge in [0.2, 0.25) is 0 Å². The van der Waals surface area contributed by atoms with Gasteiger partial charge in [-0.1, -0.05) is 32.9 Å². The van der Waals surface area contributed by atoms with Crippen molar-refractivity contribution in [3.05, 3.63) is 29.8 Å². The van der Waals surface area contributed by atoms with E-state index in [0.29, 0.717) is 0 Å². The molecule has 1 rings (SSSR count). The molecule has 70 valence electrons. The summed E-state index contributed by atoms with van der Waals surface area (Å²) in [5.74, 6) is 0. The van der Waals surface area contributed by atoms with Crippen LogP contribution in [-0.4, -0.2) is 0 Å². The van der Waals surface area contributed by atoms with Gasteiger partial charge < -0.3 is 5.73 Å². The molecule has 0 aromatic heterocycles. The number of terminal acetylenes is 1. The Morgan fingerprint density at radius 1 is 1.00 bits per heavy atom. The van der Waals surface area contributed by atoms with Gasteiger partial charge in [0.05, 0.1) is 0 Å². The van der Waals surface area contributed by atoms with Crippen LogP contribution >= 0.6 is 0 Å². The maximum Gasteiger partial charge on any atom is 0.0314 e. The van der Waals surface area contributed by atoms with E-state index in [1.54, 1.807) is 0 Å². The molecule has 0 aliphatic heterocycles. The second-order valence-corrected chi connectivity index (χ2v) is 3.87. The van der Waals surface area contributed by atoms with Crippen molar-refractivity contribution in [2.24, 2.45) is 0 Å². The highest BCUT2D eigenvalue weighted by Gasteiger charge is 2.11. The van der Waals surface area contributed by atoms with Crippen molar-refractivity contribution in [3.8, 4) is 12.8 Å². The van der Waals surface area contributed by atoms with Crippen molar-refractivity contribution in [1.29, 1.82) is 0 Å². The van der Waals surface area contributed by atoms with Crippen molar-refractivity contribution in [2.75, 3.05) is 5.73 Å². The predicted octanol–water partition coefficient (Wildman–Crippen LogP) is 2.82. The van der Waals surface area contributed by atoms with Crippen LogP contribution in [-0.2, 0) is 5.41 Å². The largest absolute Gasteiger partial charge is 0.399 e. The van der Waals surface area contributed by atoms with E-state index in [2.05, 4.69) is 45.8 Å². The van der Waals surface area contributed by atoms with Gasteiger partial charge >= 0.3 is 0 Å². The van der Waals surface area contributed by atoms with Crippen LogP contribution in [0.25, 0.3) is 0 Å². The number of hydrogen-bond acceptors (Lipinski definition) is 1. The van der Waals surface area contributed by atoms with E-state index in [1.165, 1.54) is 5.56 Å². The van der Waals surface area contributed by atoms with Gasteiger partial charge in [0.25, 0.3) is 0 Å². The summed E-state index contributed by atoms with van der Waals surface area (Å²) in [5.41, 5.74) is 7.96. The Hall–Kier alpha value is -1.42. The summed E-state index contributed by atoms with van der Waals surface area (Å²) in [6, 6.07) is 8.05. The predicted molar refractivity (Wildman–Crippen MR) is 59.4 cm³/mol. The molecular formula is C12H17N. The average Bonchev–Trinajstić information content (AvgIpc) is 2.07. The molecule has 0 heterocycles. The lowest BCUT2D eigenvalue weighted by atomic mass is 9.87. The van der Waals surface area contributed by atoms with E-state index in [-0.39, 0.29) is 5.41 Å². The Labute approximate surface area is 81.0 Å². The van der Waals surface area contributed by atoms with Gasteiger partial charge in [-0.25, -0.2) is 0 Å². The van der Waals surface area contributed by atoms with Crippen LogP contribution in [0.4, 0.5) is 5.69 Å². The molecule has 1 aromatic rings. The lowest BCUT2D eigenvalue weighted by Crippen LogP contribution is -2.10. The fourth-order valence-corrected chi connectivity index (χ4v) is 0.983. The maximum absolute atomic E-state index is 5.57. The molecule has 1 nitrogen and oxygen atoms in total. The third-order valence-corrected chi connectivity index (χ3v) is 1.78. The quantitative estimate of drug-likeness (QED) is 0.476. The fraction of sp³-hybridized carbons (Fsp3) is 0.333. The number of nitrogens with two attached hydrogens (primary N) is 1. The first-order valence-corrected chi connectivity index (χ1v) is 4.19. The molecule has 2 N–H and O–H groups in total. The molecule has 0 aliphatic carbocycles. The summed E-state index contributed by atoms with van der Waals surface area (Å²) in [4.78, 5) is 0. The lowest BCUT2D eigenvalue weighted by molar-refractivity contribution is 0.590. The Bertz CT molecular complexity index is 261. The summed E-state index contributed by atoms with van der Waals surface area (Å²) >= 11 is 0. The molecule has 0 bridgehead atoms. The van der Waals surface area contributed by atoms with Gasteiger partial charge in [-0.3, -0.25) is 0 Å². The summed E-state index contributed by atoms with van der Waals surface area (Å²) in [6.45, 7) is 6.58. The number of nitrogen functional groups attached to an aromatic ring is 1. The Kier molecular flexibility index (Phi) is 4.07. The van der Waals surface area contributed by atoms with Gasteiger partial charge in [0.1, 0.15) is 0 Å². The van der Waals surface area contributed by atoms with E-state index in [1.807, 2.05) is 12.1 Å². The summed E-state index contributed by atoms with van der Waals surface area (Å²) < 4.78 is 0. The van der Waals surface area contributed by atoms with Crippen molar-refractivity contribution in [2.45, 2.75) is 26.2 Å². The molecule has 0 spiro atoms. The van der Waals surface area contributed by atoms with Gasteiger partial charge in [0, 0.05) is 5.69 Å². The highest BCUT2D eigenvalue weighted by Crippen LogP contribution is 2.22. The summed E-state index contributed by atoms with van der Waals surface area (Å²) in [7, 11) is 0. The Morgan fingerprint density at radius 2 is 1.38 bits per heavy atom. The molecule has 0 fully saturated rings. The molecule has 0 amide bonds. The number of rotatable bonds is 0. The van der Waals surface area contributed by atoms with Crippen LogP contribution in [0.3, 0.4) is 0 Å². The van der Waals surface area contributed by atoms with Crippen LogP contribution in [0.1, 0.15) is 26.3 Å². The zero-order valence-electron chi connectivity index (χ0n) is 8.54. The molecule has 0 atom stereocenters. The minimum atomic E-state index is 0.230. The van der Waals surface area contributed by atoms with Crippen molar-refractivity contribution in [3.63, 3.8) is 0 Å². The van der Waals surface area contributed by atoms with Crippen LogP contribution < -0.4 is 5.73 Å². The first-order chi connectivity index (χ1) is 6.00. The van der Waals surface area contributed by atoms with Gasteiger partial charge in [-0.05, 0) is 23.1 Å². The standard InChI is InChI=1S/C10H15N.C2H2/c1-10(2,3)8-4-6-9(11)7-5-8;1-2/h4-7H,11H2,1-3H3;1-2H. The molecule has 0 radical (unpaired) electrons. The lowest BCUT2D eigenvalue weighted by Gasteiger charge is -2.18. The van der Waals surface area contributed by atoms with E-state index in [9.17, 15) is 0 Å². The van der Waals surface area contributed by atoms with Gasteiger partial charge in [-0.15, -0.1) is 12.8 Å². The highest BCUT2D eigenvalue weighted by molar-refractivity contribution is 5.40. The van der Waals surface area contributed by atoms with Crippen LogP contribution in [0.15, 0.2) is 24.3 Å². The molecule has 0 unspecified atom stereocenters. The highest BCUT2D eigenvalue weighted by atomic mass is 14.5. The van der Waals surface area contributed by atoms with Crippen molar-refractivity contribution >= 4 is 5.69 Å². The summed E-state index contributed by atoms with van der Waals surface area (Å²) in [5, 5.41) is 0. The minimum absolute atomic E-state index is 0.230. The number of anilines is 1. The van der Waals surface area contributed by atoms with Crippen LogP contribution in [0.2, 0.25) is 0 Å². The first-order valence-electron chi connectivity index (χ1n) is 4.19. The minimum Gasteiger partial charge on any atom is -0.399 e. The zero-order valence-corrected chi connectivity index (χ0v) is 8.54. The third-order valence-electron chi connectivity index (χ3n) is 1.78. The van der Waals surface area contributed by atoms with E-state index < -0.39 is 0 Å². The SMILES string of the molecule is C#C.CC(C)(C)c1ccc(N)cc1. The molecule has 0 aliphatic rings. The smallest absolute Gasteiger partial charge is 0.0314 e. The summed E-state index contributed by atoms with van der Waals surface area (Å²) in [6.07, 6.45) is 8.00. The molecule has 1 aromatic carbocycles. The van der Waals surface area contributed by atoms with E-state index >= 15 is 0 Å². The van der Waals surface area contributed by atoms with Crippen molar-refractivity contribution < 1.29 is 0 Å². The third kappa shape index (κ3) is 3.66. The molecular weight excluding hydrogens is 158 g/mol. The monoisotopic (exact) mass is 175 g/mol. The van der Waals surface area contributed by atoms with Crippen LogP contribution in [0.5, 0.6) is 0 Å². The van der Waals surface area contributed by atoms with Crippen molar-refractivity contribution in [1.82, 2.24) is 0 Å². The molecule has 0 saturated heterocycles. The molecule has 13 heavy (non-hydrogen) atoms. The molecule has 1 heteroatoms. The second-order valence-electron chi connectivity index (χ2n) is 3.87. The fourth-order valence-electron chi connectivity index (χ4n) is 0.983. The van der Waals surface area contributed by atoms with E-state index in [4.69, 9.17) is 5.73 Å². The van der Waals surface area contributed by atoms with Gasteiger partial charge in [-0.2, -0.15) is 0 Å². The average molecular weight is 175 g/mol. The topological polar surface area (TPSA) is 26.0 Å². The number of hydrogen-bond donors (Lipinski definition) is 1. The molecule has 0 saturated carbocycles. The Balaban J connectivity index is 0.000000671. The number of benzene rings is 1. The zero-order chi connectivity index (χ0) is 10.5. The maximum atomic E-state index is 5.57. The van der Waals surface area contributed by atoms with Crippen LogP contribution in [0, 0.1) is 12.8 Å². The first kappa shape index (κ1) is 11.6. The van der Waals surface area contributed by atoms with E-state index in [0.717, 1.165) is 5.69 Å². The second kappa shape index (κ2) is 4.57. The van der Waals surface area contributed by atoms with Gasteiger partial charge in [0.15, 0.2) is 0 Å². The normalized spacial score (nSPS) is 9.92. The Morgan fingerprint density at radius 3 is 1.69 bits per heavy atom.